The van der Waals surface area contributed by atoms with Gasteiger partial charge in [-0.3, -0.25) is 4.90 Å². The fraction of sp³-hybridized carbons (Fsp3) is 0.727. The van der Waals surface area contributed by atoms with Crippen LogP contribution in [0, 0.1) is 0 Å². The highest BCUT2D eigenvalue weighted by atomic mass is 16.6. The van der Waals surface area contributed by atoms with Gasteiger partial charge in [0.1, 0.15) is 17.9 Å². The molecule has 7 heteroatoms. The molecule has 1 saturated heterocycles. The highest BCUT2D eigenvalue weighted by Crippen LogP contribution is 2.15. The Hall–Kier alpha value is -1.79. The summed E-state index contributed by atoms with van der Waals surface area (Å²) in [5, 5.41) is 8.84. The normalized spacial score (nSPS) is 20.5. The zero-order chi connectivity index (χ0) is 13.9. The van der Waals surface area contributed by atoms with Crippen molar-refractivity contribution in [2.75, 3.05) is 19.6 Å². The number of amides is 2. The van der Waals surface area contributed by atoms with Crippen LogP contribution in [0.4, 0.5) is 9.59 Å². The van der Waals surface area contributed by atoms with Crippen molar-refractivity contribution in [2.45, 2.75) is 32.4 Å². The zero-order valence-electron chi connectivity index (χ0n) is 10.8. The summed E-state index contributed by atoms with van der Waals surface area (Å²) in [6.07, 6.45) is -1.12. The van der Waals surface area contributed by atoms with E-state index in [0.29, 0.717) is 6.29 Å². The number of aldehydes is 1. The van der Waals surface area contributed by atoms with Crippen LogP contribution in [0.5, 0.6) is 0 Å². The molecule has 0 unspecified atom stereocenters. The number of carbonyl (C=O) groups excluding carboxylic acids is 2. The standard InChI is InChI=1S/C11H18N2O5/c1-11(2,3)18-10(17)13-5-4-12(9(15)16)6-8(13)7-14/h7-8H,4-6H2,1-3H3,(H,15,16)/t8-/m0/s1. The van der Waals surface area contributed by atoms with Crippen LogP contribution in [0.15, 0.2) is 0 Å². The first-order valence-electron chi connectivity index (χ1n) is 5.67. The van der Waals surface area contributed by atoms with Gasteiger partial charge in [0, 0.05) is 13.1 Å². The number of hydrogen-bond donors (Lipinski definition) is 1. The van der Waals surface area contributed by atoms with E-state index in [1.54, 1.807) is 20.8 Å². The van der Waals surface area contributed by atoms with E-state index < -0.39 is 23.8 Å². The second-order valence-corrected chi connectivity index (χ2v) is 5.11. The zero-order valence-corrected chi connectivity index (χ0v) is 10.8. The van der Waals surface area contributed by atoms with Crippen molar-refractivity contribution < 1.29 is 24.2 Å². The molecule has 0 spiro atoms. The van der Waals surface area contributed by atoms with Crippen molar-refractivity contribution in [3.8, 4) is 0 Å². The molecular weight excluding hydrogens is 240 g/mol. The van der Waals surface area contributed by atoms with E-state index in [2.05, 4.69) is 0 Å². The molecule has 0 bridgehead atoms. The molecule has 0 aliphatic carbocycles. The number of carbonyl (C=O) groups is 3. The number of nitrogens with zero attached hydrogens (tertiary/aromatic N) is 2. The minimum absolute atomic E-state index is 0.0158. The maximum absolute atomic E-state index is 11.8. The largest absolute Gasteiger partial charge is 0.465 e. The van der Waals surface area contributed by atoms with Gasteiger partial charge >= 0.3 is 12.2 Å². The van der Waals surface area contributed by atoms with E-state index >= 15 is 0 Å². The predicted molar refractivity (Wildman–Crippen MR) is 62.4 cm³/mol. The molecule has 1 atom stereocenters. The van der Waals surface area contributed by atoms with E-state index in [-0.39, 0.29) is 19.6 Å². The fourth-order valence-electron chi connectivity index (χ4n) is 1.65. The minimum Gasteiger partial charge on any atom is -0.465 e. The first-order chi connectivity index (χ1) is 8.24. The average Bonchev–Trinajstić information content (AvgIpc) is 2.25. The van der Waals surface area contributed by atoms with Gasteiger partial charge < -0.3 is 19.5 Å². The quantitative estimate of drug-likeness (QED) is 0.702. The molecule has 1 rings (SSSR count). The van der Waals surface area contributed by atoms with Crippen molar-refractivity contribution in [1.82, 2.24) is 9.80 Å². The first-order valence-corrected chi connectivity index (χ1v) is 5.67. The molecule has 0 radical (unpaired) electrons. The molecule has 0 aromatic rings. The Morgan fingerprint density at radius 1 is 1.33 bits per heavy atom. The molecule has 102 valence electrons. The summed E-state index contributed by atoms with van der Waals surface area (Å²) in [4.78, 5) is 35.9. The van der Waals surface area contributed by atoms with Gasteiger partial charge in [-0.2, -0.15) is 0 Å². The topological polar surface area (TPSA) is 87.2 Å². The van der Waals surface area contributed by atoms with Crippen molar-refractivity contribution >= 4 is 18.5 Å². The van der Waals surface area contributed by atoms with Crippen molar-refractivity contribution in [3.63, 3.8) is 0 Å². The molecule has 0 aromatic carbocycles. The Morgan fingerprint density at radius 2 is 1.94 bits per heavy atom. The highest BCUT2D eigenvalue weighted by Gasteiger charge is 2.34. The summed E-state index contributed by atoms with van der Waals surface area (Å²) in [5.41, 5.74) is -0.644. The van der Waals surface area contributed by atoms with Crippen LogP contribution in [0.1, 0.15) is 20.8 Å². The maximum Gasteiger partial charge on any atom is 0.411 e. The lowest BCUT2D eigenvalue weighted by molar-refractivity contribution is -0.114. The van der Waals surface area contributed by atoms with Gasteiger partial charge in [-0.05, 0) is 20.8 Å². The van der Waals surface area contributed by atoms with Crippen LogP contribution in [-0.2, 0) is 9.53 Å². The van der Waals surface area contributed by atoms with Crippen LogP contribution in [-0.4, -0.2) is 64.7 Å². The summed E-state index contributed by atoms with van der Waals surface area (Å²) in [5.74, 6) is 0. The van der Waals surface area contributed by atoms with Crippen molar-refractivity contribution in [3.05, 3.63) is 0 Å². The lowest BCUT2D eigenvalue weighted by atomic mass is 10.2. The van der Waals surface area contributed by atoms with Gasteiger partial charge in [0.2, 0.25) is 0 Å². The molecular formula is C11H18N2O5. The number of ether oxygens (including phenoxy) is 1. The Labute approximate surface area is 105 Å². The molecule has 1 N–H and O–H groups in total. The van der Waals surface area contributed by atoms with Crippen LogP contribution in [0.25, 0.3) is 0 Å². The Kier molecular flexibility index (Phi) is 4.15. The van der Waals surface area contributed by atoms with Crippen molar-refractivity contribution in [1.29, 1.82) is 0 Å². The van der Waals surface area contributed by atoms with Crippen LogP contribution >= 0.6 is 0 Å². The smallest absolute Gasteiger partial charge is 0.411 e. The summed E-state index contributed by atoms with van der Waals surface area (Å²) in [6.45, 7) is 5.51. The second-order valence-electron chi connectivity index (χ2n) is 5.11. The van der Waals surface area contributed by atoms with Gasteiger partial charge in [0.05, 0.1) is 6.54 Å². The van der Waals surface area contributed by atoms with Gasteiger partial charge in [-0.25, -0.2) is 9.59 Å². The summed E-state index contributed by atoms with van der Waals surface area (Å²) in [7, 11) is 0. The molecule has 1 fully saturated rings. The van der Waals surface area contributed by atoms with Gasteiger partial charge in [0.25, 0.3) is 0 Å². The molecule has 0 aromatic heterocycles. The van der Waals surface area contributed by atoms with E-state index in [0.717, 1.165) is 4.90 Å². The number of carboxylic acid groups (broad SMARTS) is 1. The Morgan fingerprint density at radius 3 is 2.39 bits per heavy atom. The third-order valence-electron chi connectivity index (χ3n) is 2.47. The predicted octanol–water partition coefficient (Wildman–Crippen LogP) is 0.785. The SMILES string of the molecule is CC(C)(C)OC(=O)N1CCN(C(=O)O)C[C@H]1C=O. The summed E-state index contributed by atoms with van der Waals surface area (Å²) >= 11 is 0. The maximum atomic E-state index is 11.8. The lowest BCUT2D eigenvalue weighted by Gasteiger charge is -2.38. The van der Waals surface area contributed by atoms with Crippen LogP contribution in [0.2, 0.25) is 0 Å². The van der Waals surface area contributed by atoms with Gasteiger partial charge in [-0.15, -0.1) is 0 Å². The summed E-state index contributed by atoms with van der Waals surface area (Å²) in [6, 6.07) is -0.787. The van der Waals surface area contributed by atoms with E-state index in [1.165, 1.54) is 4.90 Å². The molecule has 7 nitrogen and oxygen atoms in total. The second kappa shape index (κ2) is 5.24. The monoisotopic (exact) mass is 258 g/mol. The Bertz CT molecular complexity index is 350. The van der Waals surface area contributed by atoms with Crippen molar-refractivity contribution in [2.24, 2.45) is 0 Å². The first kappa shape index (κ1) is 14.3. The Balaban J connectivity index is 2.70. The average molecular weight is 258 g/mol. The molecule has 0 saturated carbocycles. The molecule has 2 amide bonds. The molecule has 1 aliphatic rings. The van der Waals surface area contributed by atoms with Crippen LogP contribution < -0.4 is 0 Å². The van der Waals surface area contributed by atoms with E-state index in [9.17, 15) is 14.4 Å². The lowest BCUT2D eigenvalue weighted by Crippen LogP contribution is -2.57. The number of hydrogen-bond acceptors (Lipinski definition) is 4. The highest BCUT2D eigenvalue weighted by molar-refractivity contribution is 5.75. The molecule has 18 heavy (non-hydrogen) atoms. The minimum atomic E-state index is -1.09. The van der Waals surface area contributed by atoms with Gasteiger partial charge in [0.15, 0.2) is 0 Å². The molecule has 1 aliphatic heterocycles. The number of piperazine rings is 1. The van der Waals surface area contributed by atoms with E-state index in [1.807, 2.05) is 0 Å². The summed E-state index contributed by atoms with van der Waals surface area (Å²) < 4.78 is 5.17. The third kappa shape index (κ3) is 3.61. The molecule has 1 heterocycles. The van der Waals surface area contributed by atoms with E-state index in [4.69, 9.17) is 9.84 Å². The van der Waals surface area contributed by atoms with Gasteiger partial charge in [-0.1, -0.05) is 0 Å². The fourth-order valence-corrected chi connectivity index (χ4v) is 1.65. The number of rotatable bonds is 1. The van der Waals surface area contributed by atoms with Crippen LogP contribution in [0.3, 0.4) is 0 Å². The third-order valence-corrected chi connectivity index (χ3v) is 2.47.